The molecule has 0 bridgehead atoms. The first-order valence-electron chi connectivity index (χ1n) is 7.07. The molecule has 0 radical (unpaired) electrons. The van der Waals surface area contributed by atoms with E-state index >= 15 is 0 Å². The molecule has 126 valence electrons. The van der Waals surface area contributed by atoms with Crippen molar-refractivity contribution in [2.24, 2.45) is 0 Å². The molecule has 0 saturated carbocycles. The number of nitrogens with zero attached hydrogens (tertiary/aromatic N) is 2. The zero-order chi connectivity index (χ0) is 17.0. The Morgan fingerprint density at radius 2 is 1.83 bits per heavy atom. The molecule has 23 heavy (non-hydrogen) atoms. The van der Waals surface area contributed by atoms with Crippen LogP contribution >= 0.6 is 0 Å². The zero-order valence-corrected chi connectivity index (χ0v) is 14.0. The maximum atomic E-state index is 12.8. The highest BCUT2D eigenvalue weighted by atomic mass is 32.2. The summed E-state index contributed by atoms with van der Waals surface area (Å²) in [6.45, 7) is 4.55. The van der Waals surface area contributed by atoms with Gasteiger partial charge < -0.3 is 14.4 Å². The predicted molar refractivity (Wildman–Crippen MR) is 85.1 cm³/mol. The molecule has 1 amide bonds. The summed E-state index contributed by atoms with van der Waals surface area (Å²) < 4.78 is 37.3. The Balaban J connectivity index is 2.26. The number of piperazine rings is 1. The molecule has 1 fully saturated rings. The van der Waals surface area contributed by atoms with Crippen molar-refractivity contribution < 1.29 is 22.7 Å². The number of benzene rings is 1. The summed E-state index contributed by atoms with van der Waals surface area (Å²) in [5, 5.41) is 0. The number of hydrogen-bond donors (Lipinski definition) is 0. The molecule has 0 aromatic heterocycles. The lowest BCUT2D eigenvalue weighted by Gasteiger charge is -2.33. The van der Waals surface area contributed by atoms with Crippen LogP contribution in [0.2, 0.25) is 0 Å². The summed E-state index contributed by atoms with van der Waals surface area (Å²) in [5.41, 5.74) is 0. The van der Waals surface area contributed by atoms with E-state index in [2.05, 4.69) is 6.58 Å². The fourth-order valence-corrected chi connectivity index (χ4v) is 4.00. The van der Waals surface area contributed by atoms with Gasteiger partial charge in [-0.2, -0.15) is 4.31 Å². The zero-order valence-electron chi connectivity index (χ0n) is 13.2. The van der Waals surface area contributed by atoms with Crippen LogP contribution < -0.4 is 9.47 Å². The lowest BCUT2D eigenvalue weighted by atomic mass is 10.3. The van der Waals surface area contributed by atoms with Gasteiger partial charge in [0, 0.05) is 32.2 Å². The molecule has 8 heteroatoms. The number of sulfonamides is 1. The van der Waals surface area contributed by atoms with E-state index in [1.165, 1.54) is 30.7 Å². The van der Waals surface area contributed by atoms with Crippen LogP contribution in [0.5, 0.6) is 11.5 Å². The maximum absolute atomic E-state index is 12.8. The SMILES string of the molecule is C=CC(=O)N1CCN(S(=O)(=O)c2cc(OC)ccc2OC)CC1. The predicted octanol–water partition coefficient (Wildman–Crippen LogP) is 0.723. The molecule has 1 aromatic carbocycles. The molecule has 2 rings (SSSR count). The van der Waals surface area contributed by atoms with Crippen LogP contribution in [0, 0.1) is 0 Å². The van der Waals surface area contributed by atoms with Gasteiger partial charge in [-0.3, -0.25) is 4.79 Å². The Kier molecular flexibility index (Phi) is 5.27. The van der Waals surface area contributed by atoms with Crippen molar-refractivity contribution in [2.75, 3.05) is 40.4 Å². The van der Waals surface area contributed by atoms with Crippen molar-refractivity contribution in [3.8, 4) is 11.5 Å². The first-order chi connectivity index (χ1) is 10.9. The topological polar surface area (TPSA) is 76.2 Å². The van der Waals surface area contributed by atoms with Gasteiger partial charge in [-0.1, -0.05) is 6.58 Å². The Morgan fingerprint density at radius 3 is 2.35 bits per heavy atom. The lowest BCUT2D eigenvalue weighted by molar-refractivity contribution is -0.127. The molecule has 1 aromatic rings. The summed E-state index contributed by atoms with van der Waals surface area (Å²) in [6.07, 6.45) is 1.23. The Bertz CT molecular complexity index is 694. The van der Waals surface area contributed by atoms with Gasteiger partial charge >= 0.3 is 0 Å². The summed E-state index contributed by atoms with van der Waals surface area (Å²) in [5.74, 6) is 0.501. The van der Waals surface area contributed by atoms with Crippen molar-refractivity contribution in [2.45, 2.75) is 4.90 Å². The molecule has 1 aliphatic heterocycles. The third-order valence-corrected chi connectivity index (χ3v) is 5.63. The first-order valence-corrected chi connectivity index (χ1v) is 8.51. The van der Waals surface area contributed by atoms with Gasteiger partial charge in [-0.25, -0.2) is 8.42 Å². The highest BCUT2D eigenvalue weighted by Gasteiger charge is 2.32. The van der Waals surface area contributed by atoms with Crippen LogP contribution in [0.1, 0.15) is 0 Å². The van der Waals surface area contributed by atoms with Gasteiger partial charge in [0.15, 0.2) is 0 Å². The molecule has 7 nitrogen and oxygen atoms in total. The van der Waals surface area contributed by atoms with Crippen molar-refractivity contribution in [1.82, 2.24) is 9.21 Å². The van der Waals surface area contributed by atoms with E-state index in [1.54, 1.807) is 17.0 Å². The summed E-state index contributed by atoms with van der Waals surface area (Å²) >= 11 is 0. The van der Waals surface area contributed by atoms with E-state index in [-0.39, 0.29) is 29.6 Å². The fourth-order valence-electron chi connectivity index (χ4n) is 2.40. The number of hydrogen-bond acceptors (Lipinski definition) is 5. The highest BCUT2D eigenvalue weighted by molar-refractivity contribution is 7.89. The van der Waals surface area contributed by atoms with E-state index in [1.807, 2.05) is 0 Å². The summed E-state index contributed by atoms with van der Waals surface area (Å²) in [7, 11) is -0.840. The third-order valence-electron chi connectivity index (χ3n) is 3.71. The van der Waals surface area contributed by atoms with E-state index in [9.17, 15) is 13.2 Å². The van der Waals surface area contributed by atoms with Gasteiger partial charge in [0.1, 0.15) is 16.4 Å². The monoisotopic (exact) mass is 340 g/mol. The molecule has 0 N–H and O–H groups in total. The average Bonchev–Trinajstić information content (AvgIpc) is 2.60. The molecule has 0 aliphatic carbocycles. The molecular formula is C15H20N2O5S. The first kappa shape index (κ1) is 17.3. The molecule has 1 heterocycles. The van der Waals surface area contributed by atoms with Gasteiger partial charge in [-0.15, -0.1) is 0 Å². The van der Waals surface area contributed by atoms with Gasteiger partial charge in [0.05, 0.1) is 14.2 Å². The second-order valence-electron chi connectivity index (χ2n) is 4.95. The quantitative estimate of drug-likeness (QED) is 0.739. The van der Waals surface area contributed by atoms with Crippen LogP contribution in [-0.4, -0.2) is 63.9 Å². The molecule has 0 atom stereocenters. The number of methoxy groups -OCH3 is 2. The average molecular weight is 340 g/mol. The summed E-state index contributed by atoms with van der Waals surface area (Å²) in [6, 6.07) is 4.64. The molecule has 1 saturated heterocycles. The van der Waals surface area contributed by atoms with E-state index in [4.69, 9.17) is 9.47 Å². The largest absolute Gasteiger partial charge is 0.497 e. The standard InChI is InChI=1S/C15H20N2O5S/c1-4-15(18)16-7-9-17(10-8-16)23(19,20)14-11-12(21-2)5-6-13(14)22-3/h4-6,11H,1,7-10H2,2-3H3. The number of rotatable bonds is 5. The Morgan fingerprint density at radius 1 is 1.17 bits per heavy atom. The van der Waals surface area contributed by atoms with Gasteiger partial charge in [0.2, 0.25) is 15.9 Å². The Hall–Kier alpha value is -2.06. The summed E-state index contributed by atoms with van der Waals surface area (Å²) in [4.78, 5) is 13.2. The van der Waals surface area contributed by atoms with Crippen LogP contribution in [0.15, 0.2) is 35.7 Å². The number of carbonyl (C=O) groups excluding carboxylic acids is 1. The number of carbonyl (C=O) groups is 1. The van der Waals surface area contributed by atoms with Crippen molar-refractivity contribution >= 4 is 15.9 Å². The number of ether oxygens (including phenoxy) is 2. The van der Waals surface area contributed by atoms with Crippen LogP contribution in [0.3, 0.4) is 0 Å². The fraction of sp³-hybridized carbons (Fsp3) is 0.400. The van der Waals surface area contributed by atoms with Crippen LogP contribution in [0.25, 0.3) is 0 Å². The molecular weight excluding hydrogens is 320 g/mol. The van der Waals surface area contributed by atoms with Crippen molar-refractivity contribution in [3.63, 3.8) is 0 Å². The van der Waals surface area contributed by atoms with Gasteiger partial charge in [-0.05, 0) is 18.2 Å². The molecule has 0 unspecified atom stereocenters. The highest BCUT2D eigenvalue weighted by Crippen LogP contribution is 2.31. The second-order valence-corrected chi connectivity index (χ2v) is 6.86. The van der Waals surface area contributed by atoms with Crippen molar-refractivity contribution in [1.29, 1.82) is 0 Å². The second kappa shape index (κ2) is 7.01. The number of amides is 1. The van der Waals surface area contributed by atoms with E-state index in [0.29, 0.717) is 18.8 Å². The smallest absolute Gasteiger partial charge is 0.247 e. The van der Waals surface area contributed by atoms with E-state index in [0.717, 1.165) is 0 Å². The normalized spacial score (nSPS) is 16.0. The minimum atomic E-state index is -3.73. The maximum Gasteiger partial charge on any atom is 0.247 e. The van der Waals surface area contributed by atoms with Gasteiger partial charge in [0.25, 0.3) is 0 Å². The molecule has 1 aliphatic rings. The van der Waals surface area contributed by atoms with E-state index < -0.39 is 10.0 Å². The van der Waals surface area contributed by atoms with Crippen molar-refractivity contribution in [3.05, 3.63) is 30.9 Å². The minimum Gasteiger partial charge on any atom is -0.497 e. The third kappa shape index (κ3) is 3.48. The lowest BCUT2D eigenvalue weighted by Crippen LogP contribution is -2.50. The van der Waals surface area contributed by atoms with Crippen LogP contribution in [0.4, 0.5) is 0 Å². The van der Waals surface area contributed by atoms with Crippen LogP contribution in [-0.2, 0) is 14.8 Å². The molecule has 0 spiro atoms. The minimum absolute atomic E-state index is 0.0582. The Labute approximate surface area is 136 Å².